The van der Waals surface area contributed by atoms with Gasteiger partial charge in [0.2, 0.25) is 0 Å². The zero-order valence-electron chi connectivity index (χ0n) is 7.36. The van der Waals surface area contributed by atoms with Crippen LogP contribution in [0.3, 0.4) is 0 Å². The lowest BCUT2D eigenvalue weighted by Gasteiger charge is -2.23. The first-order valence-corrected chi connectivity index (χ1v) is 4.48. The quantitative estimate of drug-likeness (QED) is 0.652. The van der Waals surface area contributed by atoms with Crippen LogP contribution in [0, 0.1) is 17.2 Å². The third kappa shape index (κ3) is 1.65. The van der Waals surface area contributed by atoms with Crippen molar-refractivity contribution in [1.82, 2.24) is 0 Å². The van der Waals surface area contributed by atoms with Crippen molar-refractivity contribution in [1.29, 1.82) is 5.26 Å². The lowest BCUT2D eigenvalue weighted by molar-refractivity contribution is 0.224. The Morgan fingerprint density at radius 3 is 3.15 bits per heavy atom. The largest absolute Gasteiger partial charge is 0.493 e. The summed E-state index contributed by atoms with van der Waals surface area (Å²) in [6.45, 7) is 0.685. The molecule has 0 radical (unpaired) electrons. The smallest absolute Gasteiger partial charge is 0.122 e. The second-order valence-corrected chi connectivity index (χ2v) is 3.35. The Kier molecular flexibility index (Phi) is 2.18. The Hall–Kier alpha value is -1.49. The van der Waals surface area contributed by atoms with Gasteiger partial charge in [0.1, 0.15) is 5.75 Å². The minimum absolute atomic E-state index is 0.375. The van der Waals surface area contributed by atoms with E-state index in [9.17, 15) is 0 Å². The molecule has 0 N–H and O–H groups in total. The molecule has 0 amide bonds. The Bertz CT molecular complexity index is 340. The summed E-state index contributed by atoms with van der Waals surface area (Å²) in [7, 11) is 0. The summed E-state index contributed by atoms with van der Waals surface area (Å²) < 4.78 is 5.54. The molecular weight excluding hydrogens is 162 g/mol. The fraction of sp³-hybridized carbons (Fsp3) is 0.364. The van der Waals surface area contributed by atoms with Crippen LogP contribution in [0.4, 0.5) is 0 Å². The number of fused-ring (bicyclic) bond motifs is 1. The van der Waals surface area contributed by atoms with E-state index in [2.05, 4.69) is 12.1 Å². The number of hydrogen-bond donors (Lipinski definition) is 0. The molecule has 1 heterocycles. The molecule has 0 saturated carbocycles. The number of para-hydroxylation sites is 1. The molecule has 2 rings (SSSR count). The molecular formula is C11H11NO. The first-order chi connectivity index (χ1) is 6.40. The number of rotatable bonds is 1. The highest BCUT2D eigenvalue weighted by Gasteiger charge is 2.18. The van der Waals surface area contributed by atoms with Gasteiger partial charge < -0.3 is 4.74 Å². The number of nitriles is 1. The summed E-state index contributed by atoms with van der Waals surface area (Å²) in [6, 6.07) is 10.2. The van der Waals surface area contributed by atoms with Crippen molar-refractivity contribution in [2.75, 3.05) is 6.61 Å². The van der Waals surface area contributed by atoms with Crippen molar-refractivity contribution in [3.05, 3.63) is 29.8 Å². The number of benzene rings is 1. The summed E-state index contributed by atoms with van der Waals surface area (Å²) in [5.41, 5.74) is 1.23. The highest BCUT2D eigenvalue weighted by molar-refractivity contribution is 5.35. The van der Waals surface area contributed by atoms with Gasteiger partial charge in [0.05, 0.1) is 12.7 Å². The lowest BCUT2D eigenvalue weighted by atomic mass is 9.95. The zero-order valence-corrected chi connectivity index (χ0v) is 7.36. The minimum atomic E-state index is 0.375. The molecule has 0 spiro atoms. The van der Waals surface area contributed by atoms with Crippen molar-refractivity contribution in [3.63, 3.8) is 0 Å². The van der Waals surface area contributed by atoms with E-state index in [1.165, 1.54) is 5.56 Å². The monoisotopic (exact) mass is 173 g/mol. The number of hydrogen-bond acceptors (Lipinski definition) is 2. The van der Waals surface area contributed by atoms with Gasteiger partial charge in [-0.2, -0.15) is 5.26 Å². The summed E-state index contributed by atoms with van der Waals surface area (Å²) in [5, 5.41) is 8.56. The second kappa shape index (κ2) is 3.49. The molecule has 2 heteroatoms. The fourth-order valence-corrected chi connectivity index (χ4v) is 1.65. The Labute approximate surface area is 77.8 Å². The van der Waals surface area contributed by atoms with Gasteiger partial charge in [-0.25, -0.2) is 0 Å². The van der Waals surface area contributed by atoms with Gasteiger partial charge in [0, 0.05) is 12.3 Å². The molecule has 0 fully saturated rings. The first-order valence-electron chi connectivity index (χ1n) is 4.48. The maximum absolute atomic E-state index is 8.56. The molecule has 0 aromatic heterocycles. The van der Waals surface area contributed by atoms with E-state index in [1.54, 1.807) is 0 Å². The lowest BCUT2D eigenvalue weighted by Crippen LogP contribution is -2.20. The van der Waals surface area contributed by atoms with Gasteiger partial charge in [0.25, 0.3) is 0 Å². The van der Waals surface area contributed by atoms with Crippen molar-refractivity contribution < 1.29 is 4.74 Å². The zero-order chi connectivity index (χ0) is 9.10. The maximum atomic E-state index is 8.56. The van der Waals surface area contributed by atoms with Crippen LogP contribution in [0.15, 0.2) is 24.3 Å². The Morgan fingerprint density at radius 1 is 1.46 bits per heavy atom. The molecule has 2 nitrogen and oxygen atoms in total. The van der Waals surface area contributed by atoms with Crippen LogP contribution in [0.1, 0.15) is 12.0 Å². The van der Waals surface area contributed by atoms with Gasteiger partial charge in [0.15, 0.2) is 0 Å². The average molecular weight is 173 g/mol. The van der Waals surface area contributed by atoms with E-state index in [0.29, 0.717) is 18.9 Å². The van der Waals surface area contributed by atoms with E-state index in [-0.39, 0.29) is 0 Å². The van der Waals surface area contributed by atoms with Crippen molar-refractivity contribution in [3.8, 4) is 11.8 Å². The molecule has 1 aromatic rings. The summed E-state index contributed by atoms with van der Waals surface area (Å²) in [5.74, 6) is 1.36. The Morgan fingerprint density at radius 2 is 2.31 bits per heavy atom. The third-order valence-electron chi connectivity index (χ3n) is 2.34. The number of nitrogens with zero attached hydrogens (tertiary/aromatic N) is 1. The summed E-state index contributed by atoms with van der Waals surface area (Å²) >= 11 is 0. The van der Waals surface area contributed by atoms with E-state index >= 15 is 0 Å². The number of ether oxygens (including phenoxy) is 1. The topological polar surface area (TPSA) is 33.0 Å². The molecule has 1 aliphatic rings. The van der Waals surface area contributed by atoms with Crippen molar-refractivity contribution >= 4 is 0 Å². The summed E-state index contributed by atoms with van der Waals surface area (Å²) in [6.07, 6.45) is 1.57. The van der Waals surface area contributed by atoms with E-state index in [1.807, 2.05) is 18.2 Å². The van der Waals surface area contributed by atoms with Gasteiger partial charge in [-0.1, -0.05) is 18.2 Å². The van der Waals surface area contributed by atoms with Gasteiger partial charge in [-0.15, -0.1) is 0 Å². The van der Waals surface area contributed by atoms with Gasteiger partial charge in [-0.3, -0.25) is 0 Å². The van der Waals surface area contributed by atoms with Crippen LogP contribution >= 0.6 is 0 Å². The standard InChI is InChI=1S/C11H11NO/c12-6-5-9-7-10-3-1-2-4-11(10)13-8-9/h1-4,9H,5,7-8H2. The predicted octanol–water partition coefficient (Wildman–Crippen LogP) is 2.15. The highest BCUT2D eigenvalue weighted by Crippen LogP contribution is 2.27. The molecule has 66 valence electrons. The van der Waals surface area contributed by atoms with Crippen LogP contribution in [-0.2, 0) is 6.42 Å². The summed E-state index contributed by atoms with van der Waals surface area (Å²) in [4.78, 5) is 0. The SMILES string of the molecule is N#CCC1COc2ccccc2C1. The molecule has 1 aliphatic heterocycles. The molecule has 0 bridgehead atoms. The van der Waals surface area contributed by atoms with Gasteiger partial charge in [-0.05, 0) is 18.1 Å². The average Bonchev–Trinajstić information content (AvgIpc) is 2.18. The van der Waals surface area contributed by atoms with Crippen LogP contribution in [0.2, 0.25) is 0 Å². The maximum Gasteiger partial charge on any atom is 0.122 e. The molecule has 13 heavy (non-hydrogen) atoms. The molecule has 0 aliphatic carbocycles. The van der Waals surface area contributed by atoms with Crippen molar-refractivity contribution in [2.45, 2.75) is 12.8 Å². The van der Waals surface area contributed by atoms with Gasteiger partial charge >= 0.3 is 0 Å². The van der Waals surface area contributed by atoms with Crippen LogP contribution < -0.4 is 4.74 Å². The molecule has 0 saturated heterocycles. The molecule has 1 atom stereocenters. The third-order valence-corrected chi connectivity index (χ3v) is 2.34. The van der Waals surface area contributed by atoms with Crippen molar-refractivity contribution in [2.24, 2.45) is 5.92 Å². The van der Waals surface area contributed by atoms with E-state index in [4.69, 9.17) is 10.00 Å². The normalized spacial score (nSPS) is 19.8. The first kappa shape index (κ1) is 8.12. The second-order valence-electron chi connectivity index (χ2n) is 3.35. The van der Waals surface area contributed by atoms with Crippen LogP contribution in [-0.4, -0.2) is 6.61 Å². The predicted molar refractivity (Wildman–Crippen MR) is 49.4 cm³/mol. The molecule has 1 unspecified atom stereocenters. The fourth-order valence-electron chi connectivity index (χ4n) is 1.65. The highest BCUT2D eigenvalue weighted by atomic mass is 16.5. The van der Waals surface area contributed by atoms with Crippen LogP contribution in [0.5, 0.6) is 5.75 Å². The molecule has 1 aromatic carbocycles. The minimum Gasteiger partial charge on any atom is -0.493 e. The van der Waals surface area contributed by atoms with E-state index in [0.717, 1.165) is 12.2 Å². The van der Waals surface area contributed by atoms with E-state index < -0.39 is 0 Å². The van der Waals surface area contributed by atoms with Crippen LogP contribution in [0.25, 0.3) is 0 Å². The Balaban J connectivity index is 2.16.